The first-order valence-corrected chi connectivity index (χ1v) is 12.7. The maximum Gasteiger partial charge on any atom is 0.123 e. The van der Waals surface area contributed by atoms with Gasteiger partial charge in [0.1, 0.15) is 5.82 Å². The van der Waals surface area contributed by atoms with Crippen molar-refractivity contribution in [3.63, 3.8) is 0 Å². The number of nitrogen functional groups attached to an aromatic ring is 1. The summed E-state index contributed by atoms with van der Waals surface area (Å²) in [5.74, 6) is 0.166. The third kappa shape index (κ3) is 7.70. The second-order valence-electron chi connectivity index (χ2n) is 9.13. The lowest BCUT2D eigenvalue weighted by molar-refractivity contribution is 0.0509. The molecular weight excluding hydrogens is 483 g/mol. The fraction of sp³-hybridized carbons (Fsp3) is 0.143. The zero-order chi connectivity index (χ0) is 28.2. The molecule has 0 saturated carbocycles. The molecule has 3 N–H and O–H groups in total. The van der Waals surface area contributed by atoms with Gasteiger partial charge >= 0.3 is 0 Å². The molecule has 5 rings (SSSR count). The van der Waals surface area contributed by atoms with Crippen molar-refractivity contribution in [2.45, 2.75) is 18.9 Å². The molecule has 0 radical (unpaired) electrons. The standard InChI is InChI=1S/C16H19NO.C11H9N.C8H7F.H2/c1-4-14(5-2)17-10-15(16(17)11-18)13-8-6-7-12(3)9-13;12-11-8-4-6-9-5-2-1-3-7-10(9)11;1-2-7-3-5-8(9)6-4-7;/h4,6-9,15-16,18H,1-2,10-11H2,3H3;1-2,4-8H,12H2;2-6H,1H2;1H/t15-,16+;;;/m1.../s1. The number of allylic oxidation sites excluding steroid dienone is 3. The number of hydrogen-bond donors (Lipinski definition) is 2. The molecule has 1 fully saturated rings. The molecule has 0 spiro atoms. The second kappa shape index (κ2) is 14.4. The van der Waals surface area contributed by atoms with Crippen LogP contribution in [0, 0.1) is 12.7 Å². The lowest BCUT2D eigenvalue weighted by atomic mass is 9.82. The maximum absolute atomic E-state index is 12.2. The summed E-state index contributed by atoms with van der Waals surface area (Å²) >= 11 is 0. The number of benzene rings is 3. The predicted octanol–water partition coefficient (Wildman–Crippen LogP) is 7.79. The molecule has 0 aromatic heterocycles. The van der Waals surface area contributed by atoms with Crippen molar-refractivity contribution in [2.24, 2.45) is 0 Å². The Bertz CT molecular complexity index is 1440. The Kier molecular flexibility index (Phi) is 10.7. The number of aryl methyl sites for hydroxylation is 1. The predicted molar refractivity (Wildman–Crippen MR) is 165 cm³/mol. The summed E-state index contributed by atoms with van der Waals surface area (Å²) in [6, 6.07) is 20.7. The van der Waals surface area contributed by atoms with Crippen LogP contribution >= 0.6 is 0 Å². The zero-order valence-corrected chi connectivity index (χ0v) is 22.4. The Morgan fingerprint density at radius 1 is 1.18 bits per heavy atom. The minimum absolute atomic E-state index is 0. The molecule has 1 aliphatic heterocycles. The van der Waals surface area contributed by atoms with Gasteiger partial charge in [-0.25, -0.2) is 4.39 Å². The number of anilines is 1. The van der Waals surface area contributed by atoms with Crippen LogP contribution in [0.1, 0.15) is 35.2 Å². The maximum atomic E-state index is 12.2. The van der Waals surface area contributed by atoms with Crippen molar-refractivity contribution in [2.75, 3.05) is 18.9 Å². The molecule has 2 aliphatic rings. The number of aliphatic hydroxyl groups excluding tert-OH is 1. The number of halogens is 1. The van der Waals surface area contributed by atoms with E-state index in [0.29, 0.717) is 5.92 Å². The van der Waals surface area contributed by atoms with Crippen molar-refractivity contribution in [3.05, 3.63) is 155 Å². The molecule has 0 unspecified atom stereocenters. The summed E-state index contributed by atoms with van der Waals surface area (Å²) in [5, 5.41) is 9.56. The average molecular weight is 521 g/mol. The van der Waals surface area contributed by atoms with Gasteiger partial charge in [0.25, 0.3) is 0 Å². The highest BCUT2D eigenvalue weighted by Gasteiger charge is 2.39. The number of aliphatic hydroxyl groups is 1. The van der Waals surface area contributed by atoms with Gasteiger partial charge in [0, 0.05) is 25.1 Å². The molecule has 1 heterocycles. The Hall–Kier alpha value is -4.59. The fourth-order valence-corrected chi connectivity index (χ4v) is 4.42. The highest BCUT2D eigenvalue weighted by molar-refractivity contribution is 5.76. The zero-order valence-electron chi connectivity index (χ0n) is 22.4. The lowest BCUT2D eigenvalue weighted by Gasteiger charge is -2.49. The molecule has 200 valence electrons. The van der Waals surface area contributed by atoms with Crippen LogP contribution < -0.4 is 5.73 Å². The van der Waals surface area contributed by atoms with E-state index in [2.05, 4.69) is 67.3 Å². The number of likely N-dealkylation sites (tertiary alicyclic amines) is 1. The first-order chi connectivity index (χ1) is 18.9. The first kappa shape index (κ1) is 29.0. The summed E-state index contributed by atoms with van der Waals surface area (Å²) in [5.41, 5.74) is 19.1. The Morgan fingerprint density at radius 2 is 1.92 bits per heavy atom. The van der Waals surface area contributed by atoms with Crippen LogP contribution in [-0.4, -0.2) is 29.2 Å². The Morgan fingerprint density at radius 3 is 2.56 bits per heavy atom. The molecule has 4 heteroatoms. The number of nitrogens with two attached hydrogens (primary N) is 1. The quantitative estimate of drug-likeness (QED) is 0.205. The van der Waals surface area contributed by atoms with E-state index in [9.17, 15) is 9.50 Å². The number of nitrogens with zero attached hydrogens (tertiary/aromatic N) is 1. The number of fused-ring (bicyclic) bond motifs is 1. The lowest BCUT2D eigenvalue weighted by Crippen LogP contribution is -2.55. The van der Waals surface area contributed by atoms with Crippen LogP contribution in [0.5, 0.6) is 0 Å². The van der Waals surface area contributed by atoms with Crippen LogP contribution in [0.25, 0.3) is 18.2 Å². The number of rotatable bonds is 5. The third-order valence-electron chi connectivity index (χ3n) is 6.57. The van der Waals surface area contributed by atoms with Crippen LogP contribution in [-0.2, 0) is 0 Å². The van der Waals surface area contributed by atoms with E-state index >= 15 is 0 Å². The van der Waals surface area contributed by atoms with Gasteiger partial charge in [-0.05, 0) is 60.0 Å². The van der Waals surface area contributed by atoms with Gasteiger partial charge in [-0.3, -0.25) is 0 Å². The highest BCUT2D eigenvalue weighted by atomic mass is 19.1. The molecule has 3 aromatic carbocycles. The van der Waals surface area contributed by atoms with Crippen molar-refractivity contribution >= 4 is 23.9 Å². The molecule has 1 saturated heterocycles. The van der Waals surface area contributed by atoms with Crippen molar-refractivity contribution in [3.8, 4) is 0 Å². The van der Waals surface area contributed by atoms with E-state index < -0.39 is 0 Å². The third-order valence-corrected chi connectivity index (χ3v) is 6.57. The molecule has 3 aromatic rings. The van der Waals surface area contributed by atoms with E-state index in [4.69, 9.17) is 5.73 Å². The SMILES string of the molecule is C=C=C(C=C)N1C[C@H](c2cccc(C)c2)[C@@H]1CO.C=Cc1ccc(F)cc1.Nc1cccc2c1C=C=CC=C2.[HH]. The van der Waals surface area contributed by atoms with E-state index in [1.165, 1.54) is 23.3 Å². The van der Waals surface area contributed by atoms with E-state index in [1.54, 1.807) is 24.3 Å². The Labute approximate surface area is 232 Å². The minimum atomic E-state index is -0.208. The number of hydrogen-bond acceptors (Lipinski definition) is 3. The minimum Gasteiger partial charge on any atom is -0.398 e. The van der Waals surface area contributed by atoms with Gasteiger partial charge in [0.05, 0.1) is 18.3 Å². The molecule has 0 bridgehead atoms. The normalized spacial score (nSPS) is 16.1. The van der Waals surface area contributed by atoms with Crippen molar-refractivity contribution in [1.82, 2.24) is 4.90 Å². The monoisotopic (exact) mass is 520 g/mol. The van der Waals surface area contributed by atoms with Gasteiger partial charge in [0.15, 0.2) is 0 Å². The van der Waals surface area contributed by atoms with E-state index in [-0.39, 0.29) is 19.9 Å². The highest BCUT2D eigenvalue weighted by Crippen LogP contribution is 2.36. The summed E-state index contributed by atoms with van der Waals surface area (Å²) in [6.45, 7) is 14.1. The van der Waals surface area contributed by atoms with Crippen LogP contribution in [0.4, 0.5) is 10.1 Å². The largest absolute Gasteiger partial charge is 0.398 e. The molecule has 1 aliphatic carbocycles. The van der Waals surface area contributed by atoms with Gasteiger partial charge in [0.2, 0.25) is 0 Å². The Balaban J connectivity index is 0.000000221. The fourth-order valence-electron chi connectivity index (χ4n) is 4.42. The van der Waals surface area contributed by atoms with E-state index in [0.717, 1.165) is 34.6 Å². The molecule has 0 amide bonds. The topological polar surface area (TPSA) is 49.5 Å². The molecule has 3 nitrogen and oxygen atoms in total. The van der Waals surface area contributed by atoms with Crippen LogP contribution in [0.2, 0.25) is 0 Å². The first-order valence-electron chi connectivity index (χ1n) is 12.7. The second-order valence-corrected chi connectivity index (χ2v) is 9.13. The van der Waals surface area contributed by atoms with Gasteiger partial charge in [-0.2, -0.15) is 0 Å². The van der Waals surface area contributed by atoms with Gasteiger partial charge in [-0.1, -0.05) is 92.1 Å². The van der Waals surface area contributed by atoms with Gasteiger partial charge in [-0.15, -0.1) is 11.5 Å². The van der Waals surface area contributed by atoms with Crippen molar-refractivity contribution < 1.29 is 10.9 Å². The molecule has 39 heavy (non-hydrogen) atoms. The summed E-state index contributed by atoms with van der Waals surface area (Å²) < 4.78 is 12.2. The summed E-state index contributed by atoms with van der Waals surface area (Å²) in [4.78, 5) is 2.10. The van der Waals surface area contributed by atoms with Crippen molar-refractivity contribution in [1.29, 1.82) is 0 Å². The molecule has 2 atom stereocenters. The summed E-state index contributed by atoms with van der Waals surface area (Å²) in [7, 11) is 0. The molecular formula is C35H37FN2O. The van der Waals surface area contributed by atoms with E-state index in [1.807, 2.05) is 42.5 Å². The summed E-state index contributed by atoms with van der Waals surface area (Å²) in [6.07, 6.45) is 11.2. The van der Waals surface area contributed by atoms with Crippen LogP contribution in [0.15, 0.2) is 122 Å². The van der Waals surface area contributed by atoms with Crippen LogP contribution in [0.3, 0.4) is 0 Å². The average Bonchev–Trinajstić information content (AvgIpc) is 3.19. The van der Waals surface area contributed by atoms with Gasteiger partial charge < -0.3 is 15.7 Å². The smallest absolute Gasteiger partial charge is 0.123 e.